The molecule has 0 spiro atoms. The molecule has 2 N–H and O–H groups in total. The Morgan fingerprint density at radius 3 is 2.75 bits per heavy atom. The molecule has 0 aromatic carbocycles. The van der Waals surface area contributed by atoms with Crippen molar-refractivity contribution in [2.24, 2.45) is 5.92 Å². The Labute approximate surface area is 73.9 Å². The SMILES string of the molecule is CCC(C)NC(=O)CC1CNC1. The highest BCUT2D eigenvalue weighted by atomic mass is 16.1. The van der Waals surface area contributed by atoms with Crippen molar-refractivity contribution in [1.29, 1.82) is 0 Å². The molecule has 0 radical (unpaired) electrons. The Bertz CT molecular complexity index is 146. The van der Waals surface area contributed by atoms with E-state index in [0.717, 1.165) is 19.5 Å². The fourth-order valence-corrected chi connectivity index (χ4v) is 1.19. The van der Waals surface area contributed by atoms with Gasteiger partial charge in [-0.05, 0) is 32.4 Å². The van der Waals surface area contributed by atoms with Gasteiger partial charge in [0, 0.05) is 12.5 Å². The average molecular weight is 170 g/mol. The van der Waals surface area contributed by atoms with Gasteiger partial charge in [-0.2, -0.15) is 0 Å². The highest BCUT2D eigenvalue weighted by molar-refractivity contribution is 5.76. The molecule has 3 heteroatoms. The van der Waals surface area contributed by atoms with E-state index in [1.54, 1.807) is 0 Å². The third kappa shape index (κ3) is 2.81. The molecule has 1 atom stereocenters. The van der Waals surface area contributed by atoms with E-state index in [1.807, 2.05) is 6.92 Å². The van der Waals surface area contributed by atoms with Crippen molar-refractivity contribution in [1.82, 2.24) is 10.6 Å². The smallest absolute Gasteiger partial charge is 0.220 e. The summed E-state index contributed by atoms with van der Waals surface area (Å²) >= 11 is 0. The number of amides is 1. The largest absolute Gasteiger partial charge is 0.354 e. The minimum absolute atomic E-state index is 0.204. The van der Waals surface area contributed by atoms with Gasteiger partial charge in [0.1, 0.15) is 0 Å². The van der Waals surface area contributed by atoms with Crippen LogP contribution in [-0.4, -0.2) is 25.0 Å². The molecule has 1 unspecified atom stereocenters. The maximum absolute atomic E-state index is 11.3. The quantitative estimate of drug-likeness (QED) is 0.645. The van der Waals surface area contributed by atoms with Gasteiger partial charge in [0.2, 0.25) is 5.91 Å². The molecular weight excluding hydrogens is 152 g/mol. The van der Waals surface area contributed by atoms with Crippen molar-refractivity contribution in [3.05, 3.63) is 0 Å². The first-order chi connectivity index (χ1) is 5.72. The lowest BCUT2D eigenvalue weighted by atomic mass is 9.99. The van der Waals surface area contributed by atoms with Crippen LogP contribution in [0.1, 0.15) is 26.7 Å². The summed E-state index contributed by atoms with van der Waals surface area (Å²) in [5, 5.41) is 6.12. The van der Waals surface area contributed by atoms with E-state index in [1.165, 1.54) is 0 Å². The lowest BCUT2D eigenvalue weighted by molar-refractivity contribution is -0.123. The monoisotopic (exact) mass is 170 g/mol. The molecule has 1 heterocycles. The summed E-state index contributed by atoms with van der Waals surface area (Å²) in [6.07, 6.45) is 1.70. The van der Waals surface area contributed by atoms with Crippen LogP contribution in [0.25, 0.3) is 0 Å². The number of hydrogen-bond donors (Lipinski definition) is 2. The number of carbonyl (C=O) groups excluding carboxylic acids is 1. The molecule has 0 aliphatic carbocycles. The Morgan fingerprint density at radius 1 is 1.67 bits per heavy atom. The summed E-state index contributed by atoms with van der Waals surface area (Å²) in [5.74, 6) is 0.782. The summed E-state index contributed by atoms with van der Waals surface area (Å²) in [5.41, 5.74) is 0. The zero-order chi connectivity index (χ0) is 8.97. The highest BCUT2D eigenvalue weighted by Gasteiger charge is 2.20. The minimum Gasteiger partial charge on any atom is -0.354 e. The van der Waals surface area contributed by atoms with Crippen molar-refractivity contribution in [3.63, 3.8) is 0 Å². The van der Waals surface area contributed by atoms with Gasteiger partial charge in [-0.15, -0.1) is 0 Å². The Kier molecular flexibility index (Phi) is 3.53. The normalized spacial score (nSPS) is 19.8. The van der Waals surface area contributed by atoms with Gasteiger partial charge < -0.3 is 10.6 Å². The number of carbonyl (C=O) groups is 1. The molecule has 0 aromatic rings. The topological polar surface area (TPSA) is 41.1 Å². The fraction of sp³-hybridized carbons (Fsp3) is 0.889. The van der Waals surface area contributed by atoms with Crippen molar-refractivity contribution >= 4 is 5.91 Å². The van der Waals surface area contributed by atoms with E-state index in [9.17, 15) is 4.79 Å². The summed E-state index contributed by atoms with van der Waals surface area (Å²) < 4.78 is 0. The molecule has 1 amide bonds. The lowest BCUT2D eigenvalue weighted by Crippen LogP contribution is -2.45. The van der Waals surface area contributed by atoms with E-state index in [-0.39, 0.29) is 5.91 Å². The molecule has 1 fully saturated rings. The van der Waals surface area contributed by atoms with Gasteiger partial charge in [0.05, 0.1) is 0 Å². The molecule has 1 rings (SSSR count). The second-order valence-electron chi connectivity index (χ2n) is 3.61. The summed E-state index contributed by atoms with van der Waals surface area (Å²) in [6, 6.07) is 0.325. The van der Waals surface area contributed by atoms with E-state index in [0.29, 0.717) is 18.4 Å². The zero-order valence-electron chi connectivity index (χ0n) is 7.89. The molecule has 1 saturated heterocycles. The summed E-state index contributed by atoms with van der Waals surface area (Å²) in [6.45, 7) is 6.13. The van der Waals surface area contributed by atoms with Crippen LogP contribution in [0.5, 0.6) is 0 Å². The number of rotatable bonds is 4. The van der Waals surface area contributed by atoms with Crippen LogP contribution in [0.3, 0.4) is 0 Å². The van der Waals surface area contributed by atoms with Crippen LogP contribution < -0.4 is 10.6 Å². The predicted octanol–water partition coefficient (Wildman–Crippen LogP) is 0.511. The summed E-state index contributed by atoms with van der Waals surface area (Å²) in [7, 11) is 0. The second kappa shape index (κ2) is 4.45. The van der Waals surface area contributed by atoms with E-state index < -0.39 is 0 Å². The maximum Gasteiger partial charge on any atom is 0.220 e. The molecular formula is C9H18N2O. The van der Waals surface area contributed by atoms with Crippen molar-refractivity contribution < 1.29 is 4.79 Å². The van der Waals surface area contributed by atoms with Crippen molar-refractivity contribution in [2.75, 3.05) is 13.1 Å². The van der Waals surface area contributed by atoms with Crippen LogP contribution >= 0.6 is 0 Å². The van der Waals surface area contributed by atoms with Gasteiger partial charge in [0.15, 0.2) is 0 Å². The van der Waals surface area contributed by atoms with Gasteiger partial charge in [-0.1, -0.05) is 6.92 Å². The zero-order valence-corrected chi connectivity index (χ0v) is 7.89. The van der Waals surface area contributed by atoms with Gasteiger partial charge >= 0.3 is 0 Å². The van der Waals surface area contributed by atoms with Crippen LogP contribution in [0.4, 0.5) is 0 Å². The van der Waals surface area contributed by atoms with Crippen molar-refractivity contribution in [2.45, 2.75) is 32.7 Å². The number of nitrogens with one attached hydrogen (secondary N) is 2. The second-order valence-corrected chi connectivity index (χ2v) is 3.61. The Hall–Kier alpha value is -0.570. The first kappa shape index (κ1) is 9.52. The standard InChI is InChI=1S/C9H18N2O/c1-3-7(2)11-9(12)4-8-5-10-6-8/h7-8,10H,3-6H2,1-2H3,(H,11,12). The molecule has 0 bridgehead atoms. The first-order valence-corrected chi connectivity index (χ1v) is 4.72. The van der Waals surface area contributed by atoms with E-state index in [2.05, 4.69) is 17.6 Å². The van der Waals surface area contributed by atoms with Crippen LogP contribution in [0.2, 0.25) is 0 Å². The van der Waals surface area contributed by atoms with Crippen molar-refractivity contribution in [3.8, 4) is 0 Å². The highest BCUT2D eigenvalue weighted by Crippen LogP contribution is 2.07. The minimum atomic E-state index is 0.204. The van der Waals surface area contributed by atoms with Gasteiger partial charge in [0.25, 0.3) is 0 Å². The lowest BCUT2D eigenvalue weighted by Gasteiger charge is -2.26. The van der Waals surface area contributed by atoms with Gasteiger partial charge in [-0.3, -0.25) is 4.79 Å². The molecule has 0 saturated carbocycles. The predicted molar refractivity (Wildman–Crippen MR) is 48.9 cm³/mol. The van der Waals surface area contributed by atoms with Crippen LogP contribution in [0, 0.1) is 5.92 Å². The number of hydrogen-bond acceptors (Lipinski definition) is 2. The van der Waals surface area contributed by atoms with E-state index in [4.69, 9.17) is 0 Å². The Balaban J connectivity index is 2.10. The Morgan fingerprint density at radius 2 is 2.33 bits per heavy atom. The molecule has 12 heavy (non-hydrogen) atoms. The molecule has 1 aliphatic rings. The molecule has 0 aromatic heterocycles. The maximum atomic E-state index is 11.3. The molecule has 3 nitrogen and oxygen atoms in total. The van der Waals surface area contributed by atoms with Crippen LogP contribution in [-0.2, 0) is 4.79 Å². The van der Waals surface area contributed by atoms with Crippen LogP contribution in [0.15, 0.2) is 0 Å². The van der Waals surface area contributed by atoms with Gasteiger partial charge in [-0.25, -0.2) is 0 Å². The fourth-order valence-electron chi connectivity index (χ4n) is 1.19. The molecule has 70 valence electrons. The summed E-state index contributed by atoms with van der Waals surface area (Å²) in [4.78, 5) is 11.3. The first-order valence-electron chi connectivity index (χ1n) is 4.72. The third-order valence-electron chi connectivity index (χ3n) is 2.36. The third-order valence-corrected chi connectivity index (χ3v) is 2.36. The molecule has 1 aliphatic heterocycles. The average Bonchev–Trinajstić information content (AvgIpc) is 1.97. The van der Waals surface area contributed by atoms with E-state index >= 15 is 0 Å².